The molecule has 56 heavy (non-hydrogen) atoms. The second kappa shape index (κ2) is 16.7. The van der Waals surface area contributed by atoms with E-state index in [1.54, 1.807) is 18.2 Å². The van der Waals surface area contributed by atoms with Gasteiger partial charge in [0, 0.05) is 65.9 Å². The number of nitro groups is 1. The third kappa shape index (κ3) is 9.73. The Morgan fingerprint density at radius 2 is 1.66 bits per heavy atom. The molecule has 0 radical (unpaired) electrons. The Kier molecular flexibility index (Phi) is 12.6. The van der Waals surface area contributed by atoms with Crippen molar-refractivity contribution < 1.29 is 35.3 Å². The predicted molar refractivity (Wildman–Crippen MR) is 222 cm³/mol. The van der Waals surface area contributed by atoms with Gasteiger partial charge in [0.15, 0.2) is 0 Å². The fraction of sp³-hybridized carbons (Fsp3) is 0.357. The van der Waals surface area contributed by atoms with Crippen LogP contribution in [-0.4, -0.2) is 49.7 Å². The average Bonchev–Trinajstić information content (AvgIpc) is 3.34. The number of hydrogen-bond donors (Lipinski definition) is 2. The lowest BCUT2D eigenvalue weighted by Crippen LogP contribution is -2.30. The lowest BCUT2D eigenvalue weighted by molar-refractivity contribution is -0.384. The van der Waals surface area contributed by atoms with Gasteiger partial charge in [0.05, 0.1) is 32.4 Å². The first-order chi connectivity index (χ1) is 26.2. The van der Waals surface area contributed by atoms with Crippen molar-refractivity contribution in [3.8, 4) is 0 Å². The van der Waals surface area contributed by atoms with Crippen LogP contribution in [0.1, 0.15) is 83.3 Å². The van der Waals surface area contributed by atoms with Gasteiger partial charge in [-0.05, 0) is 95.0 Å². The van der Waals surface area contributed by atoms with Crippen molar-refractivity contribution in [2.24, 2.45) is 0 Å². The number of allylic oxidation sites excluding steroid dienone is 5. The van der Waals surface area contributed by atoms with Crippen molar-refractivity contribution in [1.29, 1.82) is 0 Å². The molecule has 1 aliphatic heterocycles. The first-order valence-corrected chi connectivity index (χ1v) is 21.6. The van der Waals surface area contributed by atoms with Crippen LogP contribution >= 0.6 is 0 Å². The summed E-state index contributed by atoms with van der Waals surface area (Å²) in [5.41, 5.74) is 4.93. The lowest BCUT2D eigenvalue weighted by Gasteiger charge is -2.30. The second-order valence-corrected chi connectivity index (χ2v) is 18.3. The normalized spacial score (nSPS) is 17.1. The smallest absolute Gasteiger partial charge is 0.362 e. The summed E-state index contributed by atoms with van der Waals surface area (Å²) in [5, 5.41) is 12.0. The SMILES string of the molecule is CCCC1(C)\C(=C/C=C/C=C/c2cc(C(C)(C)C)[o+]c3cc(N(CC)Cc4ccc([N+](=O)[O-])cc4)ccc23)N(CCCS(=O)(=O)O)c2ccc(S(=O)(=O)O)cc21. The summed E-state index contributed by atoms with van der Waals surface area (Å²) in [5.74, 6) is 0.374. The van der Waals surface area contributed by atoms with E-state index in [1.165, 1.54) is 24.3 Å². The molecular weight excluding hydrogens is 755 g/mol. The molecule has 1 aliphatic rings. The van der Waals surface area contributed by atoms with Crippen LogP contribution in [0.2, 0.25) is 0 Å². The van der Waals surface area contributed by atoms with E-state index in [4.69, 9.17) is 4.42 Å². The molecule has 0 bridgehead atoms. The zero-order valence-corrected chi connectivity index (χ0v) is 34.2. The van der Waals surface area contributed by atoms with E-state index in [2.05, 4.69) is 32.6 Å². The highest BCUT2D eigenvalue weighted by atomic mass is 32.2. The zero-order valence-electron chi connectivity index (χ0n) is 32.6. The van der Waals surface area contributed by atoms with Crippen LogP contribution in [0.5, 0.6) is 0 Å². The van der Waals surface area contributed by atoms with Crippen molar-refractivity contribution in [3.63, 3.8) is 0 Å². The Morgan fingerprint density at radius 1 is 0.946 bits per heavy atom. The molecule has 5 rings (SSSR count). The molecule has 12 nitrogen and oxygen atoms in total. The summed E-state index contributed by atoms with van der Waals surface area (Å²) in [7, 11) is -8.65. The fourth-order valence-electron chi connectivity index (χ4n) is 7.21. The van der Waals surface area contributed by atoms with Crippen LogP contribution in [0.3, 0.4) is 0 Å². The summed E-state index contributed by atoms with van der Waals surface area (Å²) in [6.45, 7) is 13.9. The van der Waals surface area contributed by atoms with Crippen LogP contribution in [0.15, 0.2) is 106 Å². The molecule has 1 atom stereocenters. The van der Waals surface area contributed by atoms with Gasteiger partial charge < -0.3 is 9.80 Å². The third-order valence-electron chi connectivity index (χ3n) is 10.1. The second-order valence-electron chi connectivity index (χ2n) is 15.3. The maximum Gasteiger partial charge on any atom is 0.362 e. The number of fused-ring (bicyclic) bond motifs is 2. The number of hydrogen-bond acceptors (Lipinski definition) is 8. The van der Waals surface area contributed by atoms with Gasteiger partial charge in [-0.2, -0.15) is 16.8 Å². The van der Waals surface area contributed by atoms with Crippen LogP contribution in [0.4, 0.5) is 17.1 Å². The molecule has 0 saturated carbocycles. The summed E-state index contributed by atoms with van der Waals surface area (Å²) in [4.78, 5) is 14.6. The first-order valence-electron chi connectivity index (χ1n) is 18.5. The molecule has 0 amide bonds. The summed E-state index contributed by atoms with van der Waals surface area (Å²) >= 11 is 0. The molecule has 14 heteroatoms. The van der Waals surface area contributed by atoms with Crippen molar-refractivity contribution >= 4 is 54.3 Å². The standard InChI is InChI=1S/C42H49N3O9S2/c1-7-23-42(6)36-28-34(56(51,52)53)20-22-37(36)44(24-12-25-55(48,49)50)39(42)14-11-9-10-13-31-26-40(41(3,4)5)54-38-27-33(19-21-35(31)38)43(8-2)29-30-15-17-32(18-16-30)45(46)47/h9-11,13-22,26-28H,7-8,12,23-25,29H2,1-6H3,(H-,48,49,50,51,52,53)/p+1/b11-9+,13-10+,39-14+. The topological polar surface area (TPSA) is 170 Å². The quantitative estimate of drug-likeness (QED) is 0.0386. The zero-order chi connectivity index (χ0) is 41.1. The largest absolute Gasteiger partial charge is 0.367 e. The molecule has 298 valence electrons. The van der Waals surface area contributed by atoms with Gasteiger partial charge in [-0.25, -0.2) is 4.42 Å². The average molecular weight is 805 g/mol. The van der Waals surface area contributed by atoms with E-state index in [0.717, 1.165) is 40.1 Å². The maximum atomic E-state index is 12.1. The van der Waals surface area contributed by atoms with Crippen LogP contribution in [0, 0.1) is 10.1 Å². The first kappa shape index (κ1) is 42.3. The summed E-state index contributed by atoms with van der Waals surface area (Å²) in [6, 6.07) is 19.1. The van der Waals surface area contributed by atoms with E-state index >= 15 is 0 Å². The lowest BCUT2D eigenvalue weighted by atomic mass is 9.77. The number of nitrogens with zero attached hydrogens (tertiary/aromatic N) is 3. The van der Waals surface area contributed by atoms with Gasteiger partial charge in [0.2, 0.25) is 0 Å². The van der Waals surface area contributed by atoms with Gasteiger partial charge in [-0.1, -0.05) is 49.8 Å². The van der Waals surface area contributed by atoms with Crippen LogP contribution in [-0.2, 0) is 37.6 Å². The van der Waals surface area contributed by atoms with E-state index in [1.807, 2.05) is 73.4 Å². The maximum absolute atomic E-state index is 12.1. The molecular formula is C42H50N3O9S2+. The Balaban J connectivity index is 1.49. The Hall–Kier alpha value is -4.89. The number of non-ortho nitro benzene ring substituents is 1. The molecule has 0 spiro atoms. The molecule has 1 unspecified atom stereocenters. The molecule has 2 heterocycles. The van der Waals surface area contributed by atoms with E-state index in [9.17, 15) is 36.1 Å². The summed E-state index contributed by atoms with van der Waals surface area (Å²) < 4.78 is 73.1. The van der Waals surface area contributed by atoms with Gasteiger partial charge in [0.25, 0.3) is 25.9 Å². The number of anilines is 2. The predicted octanol–water partition coefficient (Wildman–Crippen LogP) is 9.50. The van der Waals surface area contributed by atoms with Crippen molar-refractivity contribution in [3.05, 3.63) is 129 Å². The number of benzene rings is 3. The monoisotopic (exact) mass is 804 g/mol. The molecule has 0 aliphatic carbocycles. The summed E-state index contributed by atoms with van der Waals surface area (Å²) in [6.07, 6.45) is 11.2. The molecule has 1 aromatic heterocycles. The Bertz CT molecular complexity index is 2420. The van der Waals surface area contributed by atoms with Crippen molar-refractivity contribution in [2.45, 2.75) is 83.1 Å². The number of nitro benzene ring substituents is 1. The van der Waals surface area contributed by atoms with E-state index in [-0.39, 0.29) is 29.0 Å². The Morgan fingerprint density at radius 3 is 2.27 bits per heavy atom. The van der Waals surface area contributed by atoms with Crippen LogP contribution < -0.4 is 9.80 Å². The molecule has 0 fully saturated rings. The van der Waals surface area contributed by atoms with E-state index in [0.29, 0.717) is 36.3 Å². The third-order valence-corrected chi connectivity index (χ3v) is 11.7. The van der Waals surface area contributed by atoms with Crippen LogP contribution in [0.25, 0.3) is 17.0 Å². The molecule has 2 N–H and O–H groups in total. The molecule has 4 aromatic rings. The van der Waals surface area contributed by atoms with Crippen molar-refractivity contribution in [2.75, 3.05) is 28.6 Å². The highest BCUT2D eigenvalue weighted by Gasteiger charge is 2.43. The minimum Gasteiger partial charge on any atom is -0.367 e. The minimum absolute atomic E-state index is 0.0507. The highest BCUT2D eigenvalue weighted by molar-refractivity contribution is 7.86. The van der Waals surface area contributed by atoms with Gasteiger partial charge in [0.1, 0.15) is 0 Å². The van der Waals surface area contributed by atoms with Gasteiger partial charge in [-0.3, -0.25) is 19.2 Å². The fourth-order valence-corrected chi connectivity index (χ4v) is 8.21. The van der Waals surface area contributed by atoms with Crippen molar-refractivity contribution in [1.82, 2.24) is 0 Å². The minimum atomic E-state index is -4.47. The molecule has 3 aromatic carbocycles. The van der Waals surface area contributed by atoms with Gasteiger partial charge >= 0.3 is 11.3 Å². The van der Waals surface area contributed by atoms with Gasteiger partial charge in [-0.15, -0.1) is 0 Å². The Labute approximate surface area is 329 Å². The number of rotatable bonds is 15. The molecule has 0 saturated heterocycles. The highest BCUT2D eigenvalue weighted by Crippen LogP contribution is 2.51. The van der Waals surface area contributed by atoms with E-state index < -0.39 is 36.3 Å².